The van der Waals surface area contributed by atoms with E-state index in [9.17, 15) is 9.59 Å². The lowest BCUT2D eigenvalue weighted by atomic mass is 9.96. The summed E-state index contributed by atoms with van der Waals surface area (Å²) < 4.78 is 1.52. The van der Waals surface area contributed by atoms with Gasteiger partial charge in [-0.3, -0.25) is 9.59 Å². The number of tetrazole rings is 1. The van der Waals surface area contributed by atoms with Gasteiger partial charge in [-0.15, -0.1) is 5.10 Å². The van der Waals surface area contributed by atoms with Crippen molar-refractivity contribution in [2.24, 2.45) is 11.7 Å². The van der Waals surface area contributed by atoms with Crippen LogP contribution in [0, 0.1) is 5.92 Å². The van der Waals surface area contributed by atoms with Crippen LogP contribution in [0.2, 0.25) is 0 Å². The maximum Gasteiger partial charge on any atom is 0.253 e. The monoisotopic (exact) mass is 343 g/mol. The summed E-state index contributed by atoms with van der Waals surface area (Å²) in [6.07, 6.45) is 3.10. The minimum atomic E-state index is -0.176. The lowest BCUT2D eigenvalue weighted by molar-refractivity contribution is -0.126. The number of likely N-dealkylation sites (tertiary alicyclic amines) is 1. The normalized spacial score (nSPS) is 17.3. The standard InChI is InChI=1S/C16H21N7O2/c17-7-8-18-15(24)13-2-1-9-22(10-13)16(25)12-3-5-14(6-4-12)23-11-19-20-21-23/h3-6,11,13H,1-2,7-10,17H2,(H,18,24). The highest BCUT2D eigenvalue weighted by Crippen LogP contribution is 2.19. The Bertz CT molecular complexity index is 715. The Labute approximate surface area is 145 Å². The van der Waals surface area contributed by atoms with Gasteiger partial charge in [0.05, 0.1) is 11.6 Å². The predicted octanol–water partition coefficient (Wildman–Crippen LogP) is -0.411. The number of rotatable bonds is 5. The molecule has 1 aliphatic rings. The molecule has 3 rings (SSSR count). The molecule has 1 aromatic carbocycles. The van der Waals surface area contributed by atoms with Crippen molar-refractivity contribution in [1.82, 2.24) is 30.4 Å². The first-order valence-corrected chi connectivity index (χ1v) is 8.29. The van der Waals surface area contributed by atoms with Crippen molar-refractivity contribution in [3.8, 4) is 5.69 Å². The number of piperidine rings is 1. The van der Waals surface area contributed by atoms with Gasteiger partial charge in [-0.1, -0.05) is 0 Å². The van der Waals surface area contributed by atoms with Crippen molar-refractivity contribution in [2.45, 2.75) is 12.8 Å². The molecule has 0 saturated carbocycles. The van der Waals surface area contributed by atoms with Gasteiger partial charge >= 0.3 is 0 Å². The molecule has 25 heavy (non-hydrogen) atoms. The average Bonchev–Trinajstić information content (AvgIpc) is 3.20. The molecule has 3 N–H and O–H groups in total. The minimum Gasteiger partial charge on any atom is -0.355 e. The molecule has 1 saturated heterocycles. The zero-order valence-corrected chi connectivity index (χ0v) is 13.8. The number of benzene rings is 1. The number of carbonyl (C=O) groups excluding carboxylic acids is 2. The van der Waals surface area contributed by atoms with Crippen molar-refractivity contribution in [3.63, 3.8) is 0 Å². The number of aromatic nitrogens is 4. The van der Waals surface area contributed by atoms with Gasteiger partial charge in [0.15, 0.2) is 0 Å². The third-order valence-corrected chi connectivity index (χ3v) is 4.25. The number of hydrogen-bond donors (Lipinski definition) is 2. The summed E-state index contributed by atoms with van der Waals surface area (Å²) in [5.41, 5.74) is 6.77. The molecular formula is C16H21N7O2. The number of nitrogens with two attached hydrogens (primary N) is 1. The first-order valence-electron chi connectivity index (χ1n) is 8.29. The van der Waals surface area contributed by atoms with Crippen LogP contribution in [-0.4, -0.2) is 63.1 Å². The molecule has 2 heterocycles. The average molecular weight is 343 g/mol. The smallest absolute Gasteiger partial charge is 0.253 e. The van der Waals surface area contributed by atoms with Gasteiger partial charge in [-0.05, 0) is 47.5 Å². The van der Waals surface area contributed by atoms with Gasteiger partial charge in [-0.2, -0.15) is 0 Å². The van der Waals surface area contributed by atoms with Crippen LogP contribution < -0.4 is 11.1 Å². The van der Waals surface area contributed by atoms with Crippen LogP contribution >= 0.6 is 0 Å². The van der Waals surface area contributed by atoms with Crippen LogP contribution in [0.25, 0.3) is 5.69 Å². The highest BCUT2D eigenvalue weighted by molar-refractivity contribution is 5.95. The van der Waals surface area contributed by atoms with Crippen molar-refractivity contribution in [3.05, 3.63) is 36.2 Å². The number of amides is 2. The van der Waals surface area contributed by atoms with E-state index in [-0.39, 0.29) is 17.7 Å². The first-order chi connectivity index (χ1) is 12.2. The summed E-state index contributed by atoms with van der Waals surface area (Å²) in [6.45, 7) is 1.97. The van der Waals surface area contributed by atoms with Crippen molar-refractivity contribution in [1.29, 1.82) is 0 Å². The molecule has 0 aliphatic carbocycles. The molecule has 0 spiro atoms. The minimum absolute atomic E-state index is 0.0306. The van der Waals surface area contributed by atoms with E-state index < -0.39 is 0 Å². The molecule has 9 heteroatoms. The fraction of sp³-hybridized carbons (Fsp3) is 0.438. The molecular weight excluding hydrogens is 322 g/mol. The second-order valence-electron chi connectivity index (χ2n) is 5.97. The molecule has 1 atom stereocenters. The first kappa shape index (κ1) is 17.0. The van der Waals surface area contributed by atoms with E-state index in [0.717, 1.165) is 18.5 Å². The second-order valence-corrected chi connectivity index (χ2v) is 5.97. The van der Waals surface area contributed by atoms with E-state index >= 15 is 0 Å². The van der Waals surface area contributed by atoms with E-state index in [1.165, 1.54) is 11.0 Å². The molecule has 1 aliphatic heterocycles. The van der Waals surface area contributed by atoms with Gasteiger partial charge in [0.25, 0.3) is 5.91 Å². The molecule has 1 fully saturated rings. The summed E-state index contributed by atoms with van der Waals surface area (Å²) >= 11 is 0. The van der Waals surface area contributed by atoms with Gasteiger partial charge in [0, 0.05) is 31.7 Å². The van der Waals surface area contributed by atoms with Gasteiger partial charge in [0.2, 0.25) is 5.91 Å². The van der Waals surface area contributed by atoms with E-state index in [0.29, 0.717) is 31.7 Å². The molecule has 2 aromatic rings. The molecule has 0 bridgehead atoms. The van der Waals surface area contributed by atoms with Crippen molar-refractivity contribution < 1.29 is 9.59 Å². The molecule has 1 unspecified atom stereocenters. The summed E-state index contributed by atoms with van der Waals surface area (Å²) in [5.74, 6) is -0.277. The van der Waals surface area contributed by atoms with Gasteiger partial charge < -0.3 is 16.0 Å². The fourth-order valence-electron chi connectivity index (χ4n) is 2.93. The topological polar surface area (TPSA) is 119 Å². The third kappa shape index (κ3) is 4.00. The maximum atomic E-state index is 12.7. The van der Waals surface area contributed by atoms with Crippen LogP contribution in [0.5, 0.6) is 0 Å². The lowest BCUT2D eigenvalue weighted by Gasteiger charge is -2.32. The van der Waals surface area contributed by atoms with E-state index in [1.54, 1.807) is 29.2 Å². The van der Waals surface area contributed by atoms with E-state index in [1.807, 2.05) is 0 Å². The fourth-order valence-corrected chi connectivity index (χ4v) is 2.93. The highest BCUT2D eigenvalue weighted by atomic mass is 16.2. The van der Waals surface area contributed by atoms with Gasteiger partial charge in [0.1, 0.15) is 6.33 Å². The van der Waals surface area contributed by atoms with Crippen molar-refractivity contribution >= 4 is 11.8 Å². The Morgan fingerprint density at radius 1 is 1.28 bits per heavy atom. The van der Waals surface area contributed by atoms with Crippen LogP contribution in [0.3, 0.4) is 0 Å². The molecule has 1 aromatic heterocycles. The quantitative estimate of drug-likeness (QED) is 0.762. The largest absolute Gasteiger partial charge is 0.355 e. The Kier molecular flexibility index (Phi) is 5.34. The number of nitrogens with one attached hydrogen (secondary N) is 1. The van der Waals surface area contributed by atoms with Crippen LogP contribution in [0.1, 0.15) is 23.2 Å². The number of hydrogen-bond acceptors (Lipinski definition) is 6. The molecule has 0 radical (unpaired) electrons. The van der Waals surface area contributed by atoms with E-state index in [4.69, 9.17) is 5.73 Å². The van der Waals surface area contributed by atoms with E-state index in [2.05, 4.69) is 20.8 Å². The Balaban J connectivity index is 1.65. The van der Waals surface area contributed by atoms with Crippen molar-refractivity contribution in [2.75, 3.05) is 26.2 Å². The summed E-state index contributed by atoms with van der Waals surface area (Å²) in [4.78, 5) is 26.6. The summed E-state index contributed by atoms with van der Waals surface area (Å²) in [7, 11) is 0. The van der Waals surface area contributed by atoms with Crippen LogP contribution in [-0.2, 0) is 4.79 Å². The highest BCUT2D eigenvalue weighted by Gasteiger charge is 2.28. The maximum absolute atomic E-state index is 12.7. The lowest BCUT2D eigenvalue weighted by Crippen LogP contribution is -2.46. The number of nitrogens with zero attached hydrogens (tertiary/aromatic N) is 5. The van der Waals surface area contributed by atoms with Crippen LogP contribution in [0.4, 0.5) is 0 Å². The molecule has 132 valence electrons. The Morgan fingerprint density at radius 2 is 2.08 bits per heavy atom. The second kappa shape index (κ2) is 7.84. The number of carbonyl (C=O) groups is 2. The van der Waals surface area contributed by atoms with Gasteiger partial charge in [-0.25, -0.2) is 4.68 Å². The SMILES string of the molecule is NCCNC(=O)C1CCCN(C(=O)c2ccc(-n3cnnn3)cc2)C1. The third-order valence-electron chi connectivity index (χ3n) is 4.25. The zero-order chi connectivity index (χ0) is 17.6. The summed E-state index contributed by atoms with van der Waals surface area (Å²) in [6, 6.07) is 7.08. The van der Waals surface area contributed by atoms with Crippen LogP contribution in [0.15, 0.2) is 30.6 Å². The Morgan fingerprint density at radius 3 is 2.76 bits per heavy atom. The Hall–Kier alpha value is -2.81. The predicted molar refractivity (Wildman–Crippen MR) is 89.8 cm³/mol. The molecule has 9 nitrogen and oxygen atoms in total. The summed E-state index contributed by atoms with van der Waals surface area (Å²) in [5, 5.41) is 13.8. The zero-order valence-electron chi connectivity index (χ0n) is 13.8. The molecule has 2 amide bonds.